The Morgan fingerprint density at radius 3 is 1.81 bits per heavy atom. The molecule has 0 aliphatic heterocycles. The van der Waals surface area contributed by atoms with Crippen LogP contribution in [0.25, 0.3) is 0 Å². The molecule has 110 valence electrons. The van der Waals surface area contributed by atoms with Crippen LogP contribution < -0.4 is 10.9 Å². The molecule has 1 N–H and O–H groups in total. The van der Waals surface area contributed by atoms with E-state index in [0.29, 0.717) is 10.9 Å². The van der Waals surface area contributed by atoms with Crippen molar-refractivity contribution < 1.29 is 18.2 Å². The van der Waals surface area contributed by atoms with Crippen molar-refractivity contribution in [2.45, 2.75) is 25.9 Å². The highest BCUT2D eigenvalue weighted by atomic mass is 19.4. The van der Waals surface area contributed by atoms with Crippen LogP contribution >= 0.6 is 0 Å². The van der Waals surface area contributed by atoms with Gasteiger partial charge in [-0.05, 0) is 22.9 Å². The Morgan fingerprint density at radius 1 is 0.905 bits per heavy atom. The topological polar surface area (TPSA) is 20.2 Å². The SMILES string of the molecule is CCCc1ccc(B(O)c2ccc(C(F)(F)F)cc2)cc1. The fourth-order valence-electron chi connectivity index (χ4n) is 2.20. The Bertz CT molecular complexity index is 576. The lowest BCUT2D eigenvalue weighted by molar-refractivity contribution is -0.137. The van der Waals surface area contributed by atoms with Crippen molar-refractivity contribution in [1.29, 1.82) is 0 Å². The van der Waals surface area contributed by atoms with E-state index in [2.05, 4.69) is 6.92 Å². The summed E-state index contributed by atoms with van der Waals surface area (Å²) < 4.78 is 37.5. The second-order valence-electron chi connectivity index (χ2n) is 5.01. The third-order valence-corrected chi connectivity index (χ3v) is 3.39. The molecule has 2 rings (SSSR count). The summed E-state index contributed by atoms with van der Waals surface area (Å²) in [6.07, 6.45) is -2.34. The summed E-state index contributed by atoms with van der Waals surface area (Å²) in [7, 11) is 0. The summed E-state index contributed by atoms with van der Waals surface area (Å²) in [5.41, 5.74) is 1.60. The maximum Gasteiger partial charge on any atom is 0.416 e. The minimum Gasteiger partial charge on any atom is -0.443 e. The number of hydrogen-bond acceptors (Lipinski definition) is 1. The third-order valence-electron chi connectivity index (χ3n) is 3.39. The summed E-state index contributed by atoms with van der Waals surface area (Å²) in [5, 5.41) is 10.2. The minimum absolute atomic E-state index is 0.450. The van der Waals surface area contributed by atoms with E-state index >= 15 is 0 Å². The maximum absolute atomic E-state index is 12.5. The third kappa shape index (κ3) is 3.88. The summed E-state index contributed by atoms with van der Waals surface area (Å²) in [6.45, 7) is 1.17. The molecule has 0 bridgehead atoms. The van der Waals surface area contributed by atoms with Gasteiger partial charge in [-0.1, -0.05) is 61.9 Å². The van der Waals surface area contributed by atoms with Crippen LogP contribution in [0.1, 0.15) is 24.5 Å². The Labute approximate surface area is 122 Å². The molecule has 2 aromatic carbocycles. The van der Waals surface area contributed by atoms with Crippen LogP contribution in [0.5, 0.6) is 0 Å². The van der Waals surface area contributed by atoms with Gasteiger partial charge in [-0.3, -0.25) is 0 Å². The van der Waals surface area contributed by atoms with Crippen LogP contribution in [0.3, 0.4) is 0 Å². The second kappa shape index (κ2) is 6.35. The van der Waals surface area contributed by atoms with E-state index in [-0.39, 0.29) is 0 Å². The summed E-state index contributed by atoms with van der Waals surface area (Å²) in [5.74, 6) is 0. The highest BCUT2D eigenvalue weighted by molar-refractivity contribution is 6.78. The van der Waals surface area contributed by atoms with E-state index in [9.17, 15) is 18.2 Å². The lowest BCUT2D eigenvalue weighted by Gasteiger charge is -2.11. The molecule has 0 heterocycles. The fourth-order valence-corrected chi connectivity index (χ4v) is 2.20. The standard InChI is InChI=1S/C16H16BF3O/c1-2-3-12-4-8-14(9-5-12)17(21)15-10-6-13(7-11-15)16(18,19)20/h4-11,21H,2-3H2,1H3. The Hall–Kier alpha value is -1.75. The Balaban J connectivity index is 2.17. The molecule has 0 atom stereocenters. The van der Waals surface area contributed by atoms with Gasteiger partial charge in [-0.15, -0.1) is 0 Å². The van der Waals surface area contributed by atoms with Gasteiger partial charge in [0.05, 0.1) is 5.56 Å². The number of halogens is 3. The van der Waals surface area contributed by atoms with Crippen LogP contribution in [0, 0.1) is 0 Å². The van der Waals surface area contributed by atoms with Gasteiger partial charge in [0.25, 0.3) is 0 Å². The van der Waals surface area contributed by atoms with Crippen molar-refractivity contribution in [3.8, 4) is 0 Å². The first kappa shape index (κ1) is 15.6. The zero-order valence-electron chi connectivity index (χ0n) is 11.7. The molecule has 2 aromatic rings. The molecule has 0 aliphatic rings. The maximum atomic E-state index is 12.5. The molecule has 0 spiro atoms. The fraction of sp³-hybridized carbons (Fsp3) is 0.250. The lowest BCUT2D eigenvalue weighted by Crippen LogP contribution is -2.42. The molecule has 0 fully saturated rings. The summed E-state index contributed by atoms with van der Waals surface area (Å²) in [4.78, 5) is 0. The van der Waals surface area contributed by atoms with E-state index in [1.165, 1.54) is 17.7 Å². The predicted octanol–water partition coefficient (Wildman–Crippen LogP) is 2.76. The van der Waals surface area contributed by atoms with Gasteiger partial charge in [-0.2, -0.15) is 13.2 Å². The second-order valence-corrected chi connectivity index (χ2v) is 5.01. The van der Waals surface area contributed by atoms with Crippen molar-refractivity contribution in [3.05, 3.63) is 59.7 Å². The van der Waals surface area contributed by atoms with Crippen molar-refractivity contribution in [1.82, 2.24) is 0 Å². The summed E-state index contributed by atoms with van der Waals surface area (Å²) >= 11 is 0. The zero-order chi connectivity index (χ0) is 15.5. The molecule has 21 heavy (non-hydrogen) atoms. The first-order valence-electron chi connectivity index (χ1n) is 6.86. The van der Waals surface area contributed by atoms with E-state index in [1.54, 1.807) is 0 Å². The Kier molecular flexibility index (Phi) is 4.73. The first-order valence-corrected chi connectivity index (χ1v) is 6.86. The molecule has 0 aliphatic carbocycles. The highest BCUT2D eigenvalue weighted by Crippen LogP contribution is 2.28. The highest BCUT2D eigenvalue weighted by Gasteiger charge is 2.30. The molecular formula is C16H16BF3O. The van der Waals surface area contributed by atoms with Crippen LogP contribution in [0.4, 0.5) is 13.2 Å². The molecule has 0 saturated carbocycles. The van der Waals surface area contributed by atoms with E-state index in [4.69, 9.17) is 0 Å². The smallest absolute Gasteiger partial charge is 0.416 e. The van der Waals surface area contributed by atoms with Crippen LogP contribution in [-0.2, 0) is 12.6 Å². The van der Waals surface area contributed by atoms with Gasteiger partial charge in [0, 0.05) is 0 Å². The van der Waals surface area contributed by atoms with E-state index < -0.39 is 18.7 Å². The average Bonchev–Trinajstić information content (AvgIpc) is 2.47. The van der Waals surface area contributed by atoms with Gasteiger partial charge in [0.1, 0.15) is 0 Å². The monoisotopic (exact) mass is 292 g/mol. The number of benzene rings is 2. The molecule has 1 nitrogen and oxygen atoms in total. The largest absolute Gasteiger partial charge is 0.443 e. The molecular weight excluding hydrogens is 276 g/mol. The normalized spacial score (nSPS) is 11.5. The van der Waals surface area contributed by atoms with Gasteiger partial charge in [0.15, 0.2) is 0 Å². The quantitative estimate of drug-likeness (QED) is 0.859. The van der Waals surface area contributed by atoms with E-state index in [1.807, 2.05) is 24.3 Å². The lowest BCUT2D eigenvalue weighted by atomic mass is 9.56. The minimum atomic E-state index is -4.36. The van der Waals surface area contributed by atoms with Crippen molar-refractivity contribution in [3.63, 3.8) is 0 Å². The number of hydrogen-bond donors (Lipinski definition) is 1. The molecule has 0 unspecified atom stereocenters. The van der Waals surface area contributed by atoms with Gasteiger partial charge in [-0.25, -0.2) is 0 Å². The van der Waals surface area contributed by atoms with Crippen LogP contribution in [0.2, 0.25) is 0 Å². The Morgan fingerprint density at radius 2 is 1.38 bits per heavy atom. The molecule has 5 heteroatoms. The van der Waals surface area contributed by atoms with Crippen LogP contribution in [0.15, 0.2) is 48.5 Å². The molecule has 0 radical (unpaired) electrons. The van der Waals surface area contributed by atoms with Gasteiger partial charge < -0.3 is 5.02 Å². The van der Waals surface area contributed by atoms with Crippen molar-refractivity contribution in [2.24, 2.45) is 0 Å². The molecule has 0 saturated heterocycles. The van der Waals surface area contributed by atoms with Crippen molar-refractivity contribution in [2.75, 3.05) is 0 Å². The van der Waals surface area contributed by atoms with Gasteiger partial charge in [0.2, 0.25) is 0 Å². The first-order chi connectivity index (χ1) is 9.91. The van der Waals surface area contributed by atoms with Crippen molar-refractivity contribution >= 4 is 17.8 Å². The summed E-state index contributed by atoms with van der Waals surface area (Å²) in [6, 6.07) is 12.1. The number of alkyl halides is 3. The predicted molar refractivity (Wildman–Crippen MR) is 79.1 cm³/mol. The van der Waals surface area contributed by atoms with Crippen LogP contribution in [-0.4, -0.2) is 11.9 Å². The zero-order valence-corrected chi connectivity index (χ0v) is 11.7. The number of aryl methyl sites for hydroxylation is 1. The van der Waals surface area contributed by atoms with E-state index in [0.717, 1.165) is 25.0 Å². The van der Waals surface area contributed by atoms with Gasteiger partial charge >= 0.3 is 13.1 Å². The average molecular weight is 292 g/mol. The number of rotatable bonds is 4. The molecule has 0 aromatic heterocycles. The molecule has 0 amide bonds.